The monoisotopic (exact) mass is 438 g/mol. The van der Waals surface area contributed by atoms with Crippen LogP contribution in [0, 0.1) is 16.0 Å². The maximum atomic E-state index is 13.3. The number of piperidine rings is 2. The van der Waals surface area contributed by atoms with Crippen LogP contribution < -0.4 is 4.90 Å². The molecular formula is C20H30N4O5S. The molecule has 0 aliphatic carbocycles. The minimum atomic E-state index is -3.29. The molecule has 0 atom stereocenters. The van der Waals surface area contributed by atoms with Crippen LogP contribution in [0.1, 0.15) is 43.0 Å². The normalized spacial score (nSPS) is 19.3. The van der Waals surface area contributed by atoms with Crippen molar-refractivity contribution in [1.82, 2.24) is 9.21 Å². The number of carbonyl (C=O) groups is 1. The number of benzene rings is 1. The van der Waals surface area contributed by atoms with Crippen molar-refractivity contribution in [2.45, 2.75) is 38.6 Å². The van der Waals surface area contributed by atoms with Crippen LogP contribution in [0.15, 0.2) is 18.2 Å². The van der Waals surface area contributed by atoms with E-state index in [-0.39, 0.29) is 17.6 Å². The Kier molecular flexibility index (Phi) is 6.66. The van der Waals surface area contributed by atoms with Crippen molar-refractivity contribution in [3.8, 4) is 0 Å². The Hall–Kier alpha value is -2.20. The van der Waals surface area contributed by atoms with Crippen LogP contribution in [-0.2, 0) is 10.0 Å². The Morgan fingerprint density at radius 2 is 1.73 bits per heavy atom. The van der Waals surface area contributed by atoms with Gasteiger partial charge in [-0.25, -0.2) is 12.7 Å². The smallest absolute Gasteiger partial charge is 0.270 e. The van der Waals surface area contributed by atoms with Crippen molar-refractivity contribution < 1.29 is 18.1 Å². The first-order valence-electron chi connectivity index (χ1n) is 10.3. The fourth-order valence-electron chi connectivity index (χ4n) is 4.21. The number of amides is 1. The van der Waals surface area contributed by atoms with Gasteiger partial charge in [0.15, 0.2) is 0 Å². The lowest BCUT2D eigenvalue weighted by molar-refractivity contribution is -0.384. The van der Waals surface area contributed by atoms with Crippen LogP contribution in [0.25, 0.3) is 0 Å². The van der Waals surface area contributed by atoms with Gasteiger partial charge in [-0.2, -0.15) is 0 Å². The third-order valence-electron chi connectivity index (χ3n) is 6.33. The van der Waals surface area contributed by atoms with Crippen molar-refractivity contribution >= 4 is 27.3 Å². The van der Waals surface area contributed by atoms with Crippen LogP contribution in [-0.4, -0.2) is 74.0 Å². The topological polar surface area (TPSA) is 104 Å². The summed E-state index contributed by atoms with van der Waals surface area (Å²) < 4.78 is 24.9. The van der Waals surface area contributed by atoms with E-state index in [1.165, 1.54) is 22.7 Å². The van der Waals surface area contributed by atoms with Crippen molar-refractivity contribution in [2.24, 2.45) is 5.92 Å². The molecule has 0 bridgehead atoms. The van der Waals surface area contributed by atoms with Crippen molar-refractivity contribution in [3.05, 3.63) is 33.9 Å². The number of sulfonamides is 1. The first-order valence-corrected chi connectivity index (χ1v) is 12.2. The minimum Gasteiger partial charge on any atom is -0.371 e. The van der Waals surface area contributed by atoms with Gasteiger partial charge in [0.2, 0.25) is 10.0 Å². The zero-order valence-electron chi connectivity index (χ0n) is 17.8. The molecule has 2 aliphatic heterocycles. The molecule has 0 radical (unpaired) electrons. The first kappa shape index (κ1) is 22.5. The molecule has 9 nitrogen and oxygen atoms in total. The molecule has 2 fully saturated rings. The third-order valence-corrected chi connectivity index (χ3v) is 7.68. The van der Waals surface area contributed by atoms with E-state index in [2.05, 4.69) is 11.8 Å². The Morgan fingerprint density at radius 3 is 2.27 bits per heavy atom. The second-order valence-corrected chi connectivity index (χ2v) is 10.5. The van der Waals surface area contributed by atoms with E-state index >= 15 is 0 Å². The third kappa shape index (κ3) is 4.92. The Morgan fingerprint density at radius 1 is 1.13 bits per heavy atom. The molecule has 1 aromatic carbocycles. The molecule has 3 rings (SSSR count). The molecule has 166 valence electrons. The summed E-state index contributed by atoms with van der Waals surface area (Å²) in [5, 5.41) is 11.3. The molecule has 1 amide bonds. The number of non-ortho nitro benzene ring substituents is 1. The number of rotatable bonds is 5. The largest absolute Gasteiger partial charge is 0.371 e. The second-order valence-electron chi connectivity index (χ2n) is 8.43. The van der Waals surface area contributed by atoms with Gasteiger partial charge in [0.25, 0.3) is 11.6 Å². The molecule has 1 aromatic rings. The number of hydrogen-bond donors (Lipinski definition) is 0. The highest BCUT2D eigenvalue weighted by Crippen LogP contribution is 2.31. The van der Waals surface area contributed by atoms with Gasteiger partial charge in [0, 0.05) is 51.4 Å². The zero-order valence-corrected chi connectivity index (χ0v) is 18.6. The summed E-state index contributed by atoms with van der Waals surface area (Å²) in [6, 6.07) is 4.38. The standard InChI is InChI=1S/C20H30N4O5S/c1-15-6-10-22(11-7-15)19-5-4-17(24(26)27)14-18(19)20(25)23-12-8-16(9-13-23)21(2)30(3,28)29/h4-5,14-16H,6-13H2,1-3H3. The van der Waals surface area contributed by atoms with Gasteiger partial charge in [-0.05, 0) is 37.7 Å². The molecule has 2 heterocycles. The van der Waals surface area contributed by atoms with Crippen LogP contribution in [0.3, 0.4) is 0 Å². The van der Waals surface area contributed by atoms with Crippen LogP contribution in [0.5, 0.6) is 0 Å². The predicted octanol–water partition coefficient (Wildman–Crippen LogP) is 2.33. The summed E-state index contributed by atoms with van der Waals surface area (Å²) >= 11 is 0. The predicted molar refractivity (Wildman–Crippen MR) is 115 cm³/mol. The number of nitro benzene ring substituents is 1. The molecule has 0 aromatic heterocycles. The van der Waals surface area contributed by atoms with E-state index in [1.54, 1.807) is 18.0 Å². The van der Waals surface area contributed by atoms with E-state index in [1.807, 2.05) is 0 Å². The van der Waals surface area contributed by atoms with Gasteiger partial charge in [-0.1, -0.05) is 6.92 Å². The number of nitro groups is 1. The average Bonchev–Trinajstić information content (AvgIpc) is 2.72. The summed E-state index contributed by atoms with van der Waals surface area (Å²) in [6.45, 7) is 4.68. The molecule has 30 heavy (non-hydrogen) atoms. The van der Waals surface area contributed by atoms with Crippen molar-refractivity contribution in [3.63, 3.8) is 0 Å². The Labute approximate surface area is 177 Å². The summed E-state index contributed by atoms with van der Waals surface area (Å²) in [6.07, 6.45) is 4.31. The quantitative estimate of drug-likeness (QED) is 0.516. The summed E-state index contributed by atoms with van der Waals surface area (Å²) in [4.78, 5) is 28.0. The lowest BCUT2D eigenvalue weighted by atomic mass is 9.97. The maximum Gasteiger partial charge on any atom is 0.270 e. The Balaban J connectivity index is 1.81. The summed E-state index contributed by atoms with van der Waals surface area (Å²) in [7, 11) is -1.72. The number of likely N-dealkylation sites (tertiary alicyclic amines) is 1. The van der Waals surface area contributed by atoms with E-state index in [0.717, 1.165) is 31.6 Å². The fourth-order valence-corrected chi connectivity index (χ4v) is 4.96. The van der Waals surface area contributed by atoms with Crippen molar-refractivity contribution in [2.75, 3.05) is 44.4 Å². The maximum absolute atomic E-state index is 13.3. The first-order chi connectivity index (χ1) is 14.1. The second kappa shape index (κ2) is 8.89. The Bertz CT molecular complexity index is 904. The SMILES string of the molecule is CC1CCN(c2ccc([N+](=O)[O-])cc2C(=O)N2CCC(N(C)S(C)(=O)=O)CC2)CC1. The number of carbonyl (C=O) groups excluding carboxylic acids is 1. The van der Waals surface area contributed by atoms with Gasteiger partial charge in [0.05, 0.1) is 22.4 Å². The number of anilines is 1. The molecular weight excluding hydrogens is 408 g/mol. The van der Waals surface area contributed by atoms with Gasteiger partial charge in [0.1, 0.15) is 0 Å². The highest BCUT2D eigenvalue weighted by Gasteiger charge is 2.31. The molecule has 2 aliphatic rings. The van der Waals surface area contributed by atoms with E-state index in [9.17, 15) is 23.3 Å². The van der Waals surface area contributed by atoms with Gasteiger partial charge < -0.3 is 9.80 Å². The lowest BCUT2D eigenvalue weighted by Gasteiger charge is -2.37. The van der Waals surface area contributed by atoms with Crippen LogP contribution in [0.4, 0.5) is 11.4 Å². The lowest BCUT2D eigenvalue weighted by Crippen LogP contribution is -2.47. The van der Waals surface area contributed by atoms with Crippen LogP contribution >= 0.6 is 0 Å². The van der Waals surface area contributed by atoms with Crippen LogP contribution in [0.2, 0.25) is 0 Å². The zero-order chi connectivity index (χ0) is 22.1. The number of nitrogens with zero attached hydrogens (tertiary/aromatic N) is 4. The molecule has 0 N–H and O–H groups in total. The summed E-state index contributed by atoms with van der Waals surface area (Å²) in [5.74, 6) is 0.400. The molecule has 0 unspecified atom stereocenters. The molecule has 0 spiro atoms. The molecule has 2 saturated heterocycles. The highest BCUT2D eigenvalue weighted by atomic mass is 32.2. The van der Waals surface area contributed by atoms with E-state index in [0.29, 0.717) is 37.4 Å². The average molecular weight is 439 g/mol. The van der Waals surface area contributed by atoms with Gasteiger partial charge >= 0.3 is 0 Å². The fraction of sp³-hybridized carbons (Fsp3) is 0.650. The van der Waals surface area contributed by atoms with Crippen molar-refractivity contribution in [1.29, 1.82) is 0 Å². The minimum absolute atomic E-state index is 0.0980. The number of hydrogen-bond acceptors (Lipinski definition) is 6. The highest BCUT2D eigenvalue weighted by molar-refractivity contribution is 7.88. The van der Waals surface area contributed by atoms with E-state index < -0.39 is 14.9 Å². The van der Waals surface area contributed by atoms with E-state index in [4.69, 9.17) is 0 Å². The molecule has 0 saturated carbocycles. The van der Waals surface area contributed by atoms with Gasteiger partial charge in [-0.3, -0.25) is 14.9 Å². The molecule has 10 heteroatoms. The summed E-state index contributed by atoms with van der Waals surface area (Å²) in [5.41, 5.74) is 1.00. The van der Waals surface area contributed by atoms with Gasteiger partial charge in [-0.15, -0.1) is 0 Å².